The molecule has 0 saturated heterocycles. The minimum Gasteiger partial charge on any atom is -0.331 e. The molecule has 1 aliphatic rings. The highest BCUT2D eigenvalue weighted by atomic mass is 35.5. The molecule has 0 unspecified atom stereocenters. The zero-order chi connectivity index (χ0) is 21.9. The van der Waals surface area contributed by atoms with Gasteiger partial charge in [0.15, 0.2) is 0 Å². The van der Waals surface area contributed by atoms with E-state index in [1.54, 1.807) is 0 Å². The van der Waals surface area contributed by atoms with Crippen LogP contribution in [-0.4, -0.2) is 21.8 Å². The zero-order valence-electron chi connectivity index (χ0n) is 17.8. The summed E-state index contributed by atoms with van der Waals surface area (Å²) >= 11 is 8.21. The number of carbonyl (C=O) groups is 1. The lowest BCUT2D eigenvalue weighted by Crippen LogP contribution is -2.40. The number of amides is 1. The fourth-order valence-electron chi connectivity index (χ4n) is 4.63. The molecule has 0 atom stereocenters. The Morgan fingerprint density at radius 2 is 1.75 bits per heavy atom. The second-order valence-electron chi connectivity index (χ2n) is 8.40. The van der Waals surface area contributed by atoms with Crippen LogP contribution in [0.5, 0.6) is 0 Å². The second kappa shape index (κ2) is 9.43. The van der Waals surface area contributed by atoms with Crippen molar-refractivity contribution in [3.05, 3.63) is 88.5 Å². The maximum Gasteiger partial charge on any atom is 0.266 e. The quantitative estimate of drug-likeness (QED) is 0.307. The van der Waals surface area contributed by atoms with Crippen LogP contribution in [0.2, 0.25) is 5.02 Å². The van der Waals surface area contributed by atoms with Gasteiger partial charge in [-0.25, -0.2) is 0 Å². The lowest BCUT2D eigenvalue weighted by molar-refractivity contribution is 0.0619. The van der Waals surface area contributed by atoms with Gasteiger partial charge in [0.05, 0.1) is 5.02 Å². The molecule has 0 spiro atoms. The number of hydrogen-bond acceptors (Lipinski definition) is 3. The number of hydrogen-bond donors (Lipinski definition) is 0. The number of halogens is 1. The van der Waals surface area contributed by atoms with Crippen LogP contribution >= 0.6 is 22.9 Å². The minimum atomic E-state index is 0.0532. The van der Waals surface area contributed by atoms with Crippen molar-refractivity contribution in [2.75, 3.05) is 0 Å². The predicted octanol–water partition coefficient (Wildman–Crippen LogP) is 7.59. The number of fused-ring (bicyclic) bond motifs is 1. The van der Waals surface area contributed by atoms with Crippen molar-refractivity contribution in [3.8, 4) is 11.1 Å². The van der Waals surface area contributed by atoms with Crippen molar-refractivity contribution in [1.29, 1.82) is 0 Å². The molecular formula is C27H25ClN2OS. The number of pyridine rings is 1. The van der Waals surface area contributed by atoms with Crippen LogP contribution in [0.25, 0.3) is 21.2 Å². The molecule has 0 radical (unpaired) electrons. The summed E-state index contributed by atoms with van der Waals surface area (Å²) in [6.45, 7) is 0.590. The second-order valence-corrected chi connectivity index (χ2v) is 9.83. The largest absolute Gasteiger partial charge is 0.331 e. The van der Waals surface area contributed by atoms with E-state index in [1.807, 2.05) is 48.8 Å². The Labute approximate surface area is 197 Å². The van der Waals surface area contributed by atoms with E-state index < -0.39 is 0 Å². The summed E-state index contributed by atoms with van der Waals surface area (Å²) in [4.78, 5) is 20.7. The van der Waals surface area contributed by atoms with E-state index in [0.29, 0.717) is 16.4 Å². The molecular weight excluding hydrogens is 436 g/mol. The fraction of sp³-hybridized carbons (Fsp3) is 0.259. The Balaban J connectivity index is 1.49. The standard InChI is InChI=1S/C27H25ClN2OS/c28-25-23-11-4-5-12-24(23)32-26(25)27(31)30(22-9-2-1-3-10-22)18-19-7-6-8-21(17-19)20-13-15-29-16-14-20/h4-8,11-17,22H,1-3,9-10,18H2. The van der Waals surface area contributed by atoms with Gasteiger partial charge in [0, 0.05) is 35.1 Å². The topological polar surface area (TPSA) is 33.2 Å². The summed E-state index contributed by atoms with van der Waals surface area (Å²) in [5.74, 6) is 0.0532. The van der Waals surface area contributed by atoms with Crippen molar-refractivity contribution in [2.24, 2.45) is 0 Å². The van der Waals surface area contributed by atoms with E-state index in [9.17, 15) is 4.79 Å². The Morgan fingerprint density at radius 3 is 2.53 bits per heavy atom. The molecule has 1 amide bonds. The molecule has 4 aromatic rings. The van der Waals surface area contributed by atoms with E-state index in [4.69, 9.17) is 11.6 Å². The SMILES string of the molecule is O=C(c1sc2ccccc2c1Cl)N(Cc1cccc(-c2ccncc2)c1)C1CCCCC1. The average Bonchev–Trinajstić information content (AvgIpc) is 3.20. The lowest BCUT2D eigenvalue weighted by Gasteiger charge is -2.34. The smallest absolute Gasteiger partial charge is 0.266 e. The van der Waals surface area contributed by atoms with Crippen LogP contribution in [0, 0.1) is 0 Å². The van der Waals surface area contributed by atoms with E-state index in [2.05, 4.69) is 34.1 Å². The normalized spacial score (nSPS) is 14.5. The fourth-order valence-corrected chi connectivity index (χ4v) is 6.10. The van der Waals surface area contributed by atoms with Gasteiger partial charge in [0.1, 0.15) is 4.88 Å². The molecule has 5 rings (SSSR count). The molecule has 1 saturated carbocycles. The Kier molecular flexibility index (Phi) is 6.24. The molecule has 32 heavy (non-hydrogen) atoms. The summed E-state index contributed by atoms with van der Waals surface area (Å²) in [6, 6.07) is 20.7. The summed E-state index contributed by atoms with van der Waals surface area (Å²) < 4.78 is 1.06. The molecule has 0 N–H and O–H groups in total. The van der Waals surface area contributed by atoms with Gasteiger partial charge in [-0.05, 0) is 53.8 Å². The Hall–Kier alpha value is -2.69. The van der Waals surface area contributed by atoms with Gasteiger partial charge in [-0.2, -0.15) is 0 Å². The maximum atomic E-state index is 13.8. The van der Waals surface area contributed by atoms with Gasteiger partial charge in [0.25, 0.3) is 5.91 Å². The Bertz CT molecular complexity index is 1230. The first kappa shape index (κ1) is 21.2. The van der Waals surface area contributed by atoms with E-state index >= 15 is 0 Å². The van der Waals surface area contributed by atoms with E-state index in [-0.39, 0.29) is 11.9 Å². The van der Waals surface area contributed by atoms with Gasteiger partial charge >= 0.3 is 0 Å². The lowest BCUT2D eigenvalue weighted by atomic mass is 9.93. The van der Waals surface area contributed by atoms with Gasteiger partial charge in [-0.15, -0.1) is 11.3 Å². The zero-order valence-corrected chi connectivity index (χ0v) is 19.4. The van der Waals surface area contributed by atoms with Crippen molar-refractivity contribution in [2.45, 2.75) is 44.7 Å². The van der Waals surface area contributed by atoms with E-state index in [1.165, 1.54) is 30.6 Å². The number of nitrogens with zero attached hydrogens (tertiary/aromatic N) is 2. The molecule has 3 nitrogen and oxygen atoms in total. The Morgan fingerprint density at radius 1 is 0.969 bits per heavy atom. The first-order valence-corrected chi connectivity index (χ1v) is 12.4. The molecule has 0 aliphatic heterocycles. The third-order valence-corrected chi connectivity index (χ3v) is 7.96. The molecule has 2 aromatic heterocycles. The van der Waals surface area contributed by atoms with Crippen molar-refractivity contribution in [1.82, 2.24) is 9.88 Å². The number of benzene rings is 2. The van der Waals surface area contributed by atoms with Gasteiger partial charge in [-0.1, -0.05) is 67.3 Å². The molecule has 162 valence electrons. The average molecular weight is 461 g/mol. The first-order chi connectivity index (χ1) is 15.7. The van der Waals surface area contributed by atoms with Gasteiger partial charge in [0.2, 0.25) is 0 Å². The number of rotatable bonds is 5. The van der Waals surface area contributed by atoms with Crippen LogP contribution in [0.3, 0.4) is 0 Å². The van der Waals surface area contributed by atoms with E-state index in [0.717, 1.165) is 39.6 Å². The van der Waals surface area contributed by atoms with Gasteiger partial charge < -0.3 is 4.90 Å². The summed E-state index contributed by atoms with van der Waals surface area (Å²) in [5, 5.41) is 1.55. The summed E-state index contributed by atoms with van der Waals surface area (Å²) in [7, 11) is 0. The number of carbonyl (C=O) groups excluding carboxylic acids is 1. The highest BCUT2D eigenvalue weighted by Crippen LogP contribution is 2.37. The first-order valence-electron chi connectivity index (χ1n) is 11.2. The van der Waals surface area contributed by atoms with Crippen molar-refractivity contribution < 1.29 is 4.79 Å². The van der Waals surface area contributed by atoms with Crippen LogP contribution < -0.4 is 0 Å². The number of thiophene rings is 1. The maximum absolute atomic E-state index is 13.8. The third-order valence-electron chi connectivity index (χ3n) is 6.30. The van der Waals surface area contributed by atoms with Crippen LogP contribution in [-0.2, 0) is 6.54 Å². The van der Waals surface area contributed by atoms with Crippen LogP contribution in [0.1, 0.15) is 47.3 Å². The summed E-state index contributed by atoms with van der Waals surface area (Å²) in [6.07, 6.45) is 9.32. The molecule has 1 aliphatic carbocycles. The third kappa shape index (κ3) is 4.30. The molecule has 1 fully saturated rings. The predicted molar refractivity (Wildman–Crippen MR) is 133 cm³/mol. The van der Waals surface area contributed by atoms with Crippen LogP contribution in [0.15, 0.2) is 73.1 Å². The molecule has 2 heterocycles. The summed E-state index contributed by atoms with van der Waals surface area (Å²) in [5.41, 5.74) is 3.40. The van der Waals surface area contributed by atoms with Crippen molar-refractivity contribution >= 4 is 38.9 Å². The molecule has 2 aromatic carbocycles. The monoisotopic (exact) mass is 460 g/mol. The minimum absolute atomic E-state index is 0.0532. The van der Waals surface area contributed by atoms with Crippen molar-refractivity contribution in [3.63, 3.8) is 0 Å². The number of aromatic nitrogens is 1. The van der Waals surface area contributed by atoms with Crippen LogP contribution in [0.4, 0.5) is 0 Å². The molecule has 5 heteroatoms. The molecule has 0 bridgehead atoms. The highest BCUT2D eigenvalue weighted by Gasteiger charge is 2.29. The van der Waals surface area contributed by atoms with Gasteiger partial charge in [-0.3, -0.25) is 9.78 Å². The highest BCUT2D eigenvalue weighted by molar-refractivity contribution is 7.21.